The summed E-state index contributed by atoms with van der Waals surface area (Å²) >= 11 is 2.18. The third-order valence-electron chi connectivity index (χ3n) is 2.42. The maximum atomic E-state index is 11.7. The van der Waals surface area contributed by atoms with Crippen molar-refractivity contribution in [3.8, 4) is 5.75 Å². The number of nitrogens with zero attached hydrogens (tertiary/aromatic N) is 1. The molecule has 1 heterocycles. The number of carbonyl (C=O) groups excluding carboxylic acids is 2. The second kappa shape index (κ2) is 7.58. The van der Waals surface area contributed by atoms with E-state index in [1.165, 1.54) is 6.20 Å². The molecule has 0 atom stereocenters. The minimum Gasteiger partial charge on any atom is -0.484 e. The molecule has 0 saturated carbocycles. The van der Waals surface area contributed by atoms with Gasteiger partial charge < -0.3 is 4.74 Å². The zero-order valence-corrected chi connectivity index (χ0v) is 13.0. The molecule has 0 saturated heterocycles. The molecule has 2 amide bonds. The third kappa shape index (κ3) is 5.03. The molecule has 0 aliphatic rings. The van der Waals surface area contributed by atoms with Crippen LogP contribution in [0.2, 0.25) is 0 Å². The molecule has 0 aliphatic carbocycles. The van der Waals surface area contributed by atoms with Crippen molar-refractivity contribution in [2.24, 2.45) is 0 Å². The molecular weight excluding hydrogens is 385 g/mol. The number of benzene rings is 1. The zero-order chi connectivity index (χ0) is 15.1. The van der Waals surface area contributed by atoms with E-state index in [1.807, 2.05) is 12.1 Å². The fourth-order valence-corrected chi connectivity index (χ4v) is 1.77. The Morgan fingerprint density at radius 3 is 2.57 bits per heavy atom. The number of aromatic nitrogens is 1. The molecule has 21 heavy (non-hydrogen) atoms. The fraction of sp³-hybridized carbons (Fsp3) is 0.0714. The van der Waals surface area contributed by atoms with Gasteiger partial charge in [-0.3, -0.25) is 25.4 Å². The van der Waals surface area contributed by atoms with Gasteiger partial charge in [0, 0.05) is 16.0 Å². The van der Waals surface area contributed by atoms with E-state index in [1.54, 1.807) is 30.5 Å². The van der Waals surface area contributed by atoms with Crippen LogP contribution >= 0.6 is 22.6 Å². The average Bonchev–Trinajstić information content (AvgIpc) is 2.53. The Balaban J connectivity index is 1.75. The summed E-state index contributed by atoms with van der Waals surface area (Å²) in [5, 5.41) is 0. The standard InChI is InChI=1S/C14H12IN3O3/c15-11-3-5-12(6-4-11)21-9-13(19)17-18-14(20)10-2-1-7-16-8-10/h1-8H,9H2,(H,17,19)(H,18,20). The highest BCUT2D eigenvalue weighted by atomic mass is 127. The SMILES string of the molecule is O=C(COc1ccc(I)cc1)NNC(=O)c1cccnc1. The number of hydrogen-bond donors (Lipinski definition) is 2. The Kier molecular flexibility index (Phi) is 5.50. The van der Waals surface area contributed by atoms with Gasteiger partial charge in [0.1, 0.15) is 5.75 Å². The highest BCUT2D eigenvalue weighted by Gasteiger charge is 2.07. The van der Waals surface area contributed by atoms with Crippen LogP contribution in [0.3, 0.4) is 0 Å². The van der Waals surface area contributed by atoms with E-state index >= 15 is 0 Å². The van der Waals surface area contributed by atoms with Crippen LogP contribution in [-0.2, 0) is 4.79 Å². The summed E-state index contributed by atoms with van der Waals surface area (Å²) < 4.78 is 6.36. The topological polar surface area (TPSA) is 80.3 Å². The number of nitrogens with one attached hydrogen (secondary N) is 2. The lowest BCUT2D eigenvalue weighted by molar-refractivity contribution is -0.123. The maximum Gasteiger partial charge on any atom is 0.276 e. The highest BCUT2D eigenvalue weighted by Crippen LogP contribution is 2.13. The van der Waals surface area contributed by atoms with E-state index in [0.29, 0.717) is 11.3 Å². The van der Waals surface area contributed by atoms with Crippen molar-refractivity contribution >= 4 is 34.4 Å². The molecule has 2 aromatic rings. The summed E-state index contributed by atoms with van der Waals surface area (Å²) in [6, 6.07) is 10.5. The van der Waals surface area contributed by atoms with Gasteiger partial charge in [0.15, 0.2) is 6.61 Å². The van der Waals surface area contributed by atoms with Crippen LogP contribution in [0.4, 0.5) is 0 Å². The van der Waals surface area contributed by atoms with Crippen molar-refractivity contribution in [2.75, 3.05) is 6.61 Å². The van der Waals surface area contributed by atoms with Gasteiger partial charge >= 0.3 is 0 Å². The minimum atomic E-state index is -0.453. The minimum absolute atomic E-state index is 0.187. The van der Waals surface area contributed by atoms with Gasteiger partial charge in [-0.25, -0.2) is 0 Å². The Morgan fingerprint density at radius 1 is 1.14 bits per heavy atom. The van der Waals surface area contributed by atoms with Crippen LogP contribution in [0.15, 0.2) is 48.8 Å². The molecule has 1 aromatic carbocycles. The van der Waals surface area contributed by atoms with Crippen molar-refractivity contribution in [1.29, 1.82) is 0 Å². The highest BCUT2D eigenvalue weighted by molar-refractivity contribution is 14.1. The summed E-state index contributed by atoms with van der Waals surface area (Å²) in [5.74, 6) is -0.305. The molecule has 0 aliphatic heterocycles. The molecule has 7 heteroatoms. The van der Waals surface area contributed by atoms with Gasteiger partial charge in [-0.05, 0) is 59.0 Å². The molecule has 0 bridgehead atoms. The molecule has 108 valence electrons. The van der Waals surface area contributed by atoms with E-state index in [4.69, 9.17) is 4.74 Å². The molecule has 0 unspecified atom stereocenters. The number of hydrazine groups is 1. The quantitative estimate of drug-likeness (QED) is 0.606. The van der Waals surface area contributed by atoms with E-state index in [9.17, 15) is 9.59 Å². The first-order valence-electron chi connectivity index (χ1n) is 6.03. The molecule has 0 fully saturated rings. The summed E-state index contributed by atoms with van der Waals surface area (Å²) in [7, 11) is 0. The summed E-state index contributed by atoms with van der Waals surface area (Å²) in [4.78, 5) is 27.0. The second-order valence-electron chi connectivity index (χ2n) is 3.99. The third-order valence-corrected chi connectivity index (χ3v) is 3.14. The number of ether oxygens (including phenoxy) is 1. The Morgan fingerprint density at radius 2 is 1.90 bits per heavy atom. The lowest BCUT2D eigenvalue weighted by Gasteiger charge is -2.08. The molecule has 2 N–H and O–H groups in total. The molecular formula is C14H12IN3O3. The smallest absolute Gasteiger partial charge is 0.276 e. The summed E-state index contributed by atoms with van der Waals surface area (Å²) in [5.41, 5.74) is 4.91. The van der Waals surface area contributed by atoms with E-state index in [2.05, 4.69) is 38.4 Å². The average molecular weight is 397 g/mol. The van der Waals surface area contributed by atoms with E-state index < -0.39 is 11.8 Å². The van der Waals surface area contributed by atoms with Gasteiger partial charge in [-0.2, -0.15) is 0 Å². The number of carbonyl (C=O) groups is 2. The first-order chi connectivity index (χ1) is 10.1. The number of hydrogen-bond acceptors (Lipinski definition) is 4. The monoisotopic (exact) mass is 397 g/mol. The van der Waals surface area contributed by atoms with Crippen LogP contribution < -0.4 is 15.6 Å². The van der Waals surface area contributed by atoms with Crippen molar-refractivity contribution in [3.05, 3.63) is 57.9 Å². The van der Waals surface area contributed by atoms with Crippen molar-refractivity contribution in [3.63, 3.8) is 0 Å². The molecule has 6 nitrogen and oxygen atoms in total. The second-order valence-corrected chi connectivity index (χ2v) is 5.23. The molecule has 0 radical (unpaired) electrons. The fourth-order valence-electron chi connectivity index (χ4n) is 1.41. The van der Waals surface area contributed by atoms with Gasteiger partial charge in [-0.15, -0.1) is 0 Å². The maximum absolute atomic E-state index is 11.7. The molecule has 0 spiro atoms. The number of amides is 2. The van der Waals surface area contributed by atoms with Gasteiger partial charge in [0.05, 0.1) is 5.56 Å². The predicted molar refractivity (Wildman–Crippen MR) is 84.5 cm³/mol. The summed E-state index contributed by atoms with van der Waals surface area (Å²) in [6.45, 7) is -0.187. The first kappa shape index (κ1) is 15.2. The number of halogens is 1. The van der Waals surface area contributed by atoms with E-state index in [-0.39, 0.29) is 6.61 Å². The van der Waals surface area contributed by atoms with E-state index in [0.717, 1.165) is 3.57 Å². The number of pyridine rings is 1. The molecule has 2 rings (SSSR count). The van der Waals surface area contributed by atoms with Gasteiger partial charge in [0.2, 0.25) is 0 Å². The lowest BCUT2D eigenvalue weighted by Crippen LogP contribution is -2.43. The normalized spacial score (nSPS) is 9.76. The van der Waals surface area contributed by atoms with Crippen molar-refractivity contribution in [2.45, 2.75) is 0 Å². The van der Waals surface area contributed by atoms with Gasteiger partial charge in [-0.1, -0.05) is 0 Å². The Bertz CT molecular complexity index is 617. The van der Waals surface area contributed by atoms with Crippen LogP contribution in [0.25, 0.3) is 0 Å². The largest absolute Gasteiger partial charge is 0.484 e. The van der Waals surface area contributed by atoms with Crippen LogP contribution in [0.1, 0.15) is 10.4 Å². The van der Waals surface area contributed by atoms with Crippen molar-refractivity contribution < 1.29 is 14.3 Å². The first-order valence-corrected chi connectivity index (χ1v) is 7.10. The number of rotatable bonds is 4. The predicted octanol–water partition coefficient (Wildman–Crippen LogP) is 1.53. The van der Waals surface area contributed by atoms with Crippen LogP contribution in [0.5, 0.6) is 5.75 Å². The molecule has 1 aromatic heterocycles. The van der Waals surface area contributed by atoms with Crippen molar-refractivity contribution in [1.82, 2.24) is 15.8 Å². The Labute approximate surface area is 135 Å². The lowest BCUT2D eigenvalue weighted by atomic mass is 10.3. The van der Waals surface area contributed by atoms with Gasteiger partial charge in [0.25, 0.3) is 11.8 Å². The van der Waals surface area contributed by atoms with Crippen LogP contribution in [-0.4, -0.2) is 23.4 Å². The van der Waals surface area contributed by atoms with Crippen LogP contribution in [0, 0.1) is 3.57 Å². The zero-order valence-electron chi connectivity index (χ0n) is 10.9. The summed E-state index contributed by atoms with van der Waals surface area (Å²) in [6.07, 6.45) is 2.97. The Hall–Kier alpha value is -2.16.